The van der Waals surface area contributed by atoms with Crippen LogP contribution in [0.3, 0.4) is 0 Å². The lowest BCUT2D eigenvalue weighted by Gasteiger charge is -2.21. The van der Waals surface area contributed by atoms with E-state index in [1.807, 2.05) is 26.2 Å². The minimum absolute atomic E-state index is 0.203. The van der Waals surface area contributed by atoms with E-state index in [2.05, 4.69) is 70.0 Å². The highest BCUT2D eigenvalue weighted by atomic mass is 127. The molecule has 0 spiro atoms. The summed E-state index contributed by atoms with van der Waals surface area (Å²) in [6.07, 6.45) is 8.19. The molecule has 10 nitrogen and oxygen atoms in total. The van der Waals surface area contributed by atoms with Crippen molar-refractivity contribution in [1.29, 1.82) is 0 Å². The standard InChI is InChI=1S/C25H25FIN9O/c1-16(26)18-4-5-30-24(10-18)32-25(37)20-9-23(17(2)31-12-20)36-14-22(33-34-36)19-8-21(13-29-11-19)35(15-27)7-6-28-3/h4-5,8-14,28H,1,6-7,15H2,2-3H3,(H,30,32,37). The van der Waals surface area contributed by atoms with Crippen LogP contribution in [0.25, 0.3) is 22.8 Å². The number of carbonyl (C=O) groups excluding carboxylic acids is 1. The van der Waals surface area contributed by atoms with Gasteiger partial charge in [-0.05, 0) is 38.2 Å². The molecule has 12 heteroatoms. The van der Waals surface area contributed by atoms with E-state index in [0.717, 1.165) is 28.9 Å². The number of halogens is 2. The first-order valence-corrected chi connectivity index (χ1v) is 12.8. The van der Waals surface area contributed by atoms with Crippen LogP contribution in [0.2, 0.25) is 0 Å². The Bertz CT molecular complexity index is 1420. The van der Waals surface area contributed by atoms with Crippen molar-refractivity contribution in [3.8, 4) is 16.9 Å². The predicted molar refractivity (Wildman–Crippen MR) is 150 cm³/mol. The van der Waals surface area contributed by atoms with E-state index in [9.17, 15) is 9.18 Å². The number of aryl methyl sites for hydroxylation is 1. The molecule has 0 saturated heterocycles. The second-order valence-corrected chi connectivity index (χ2v) is 8.77. The lowest BCUT2D eigenvalue weighted by Crippen LogP contribution is -2.29. The largest absolute Gasteiger partial charge is 0.360 e. The molecule has 4 aromatic rings. The number of carbonyl (C=O) groups is 1. The first kappa shape index (κ1) is 26.3. The lowest BCUT2D eigenvalue weighted by molar-refractivity contribution is 0.102. The number of nitrogens with one attached hydrogen (secondary N) is 2. The molecule has 4 aromatic heterocycles. The molecule has 1 amide bonds. The zero-order valence-corrected chi connectivity index (χ0v) is 22.5. The fourth-order valence-electron chi connectivity index (χ4n) is 3.49. The van der Waals surface area contributed by atoms with Crippen LogP contribution in [-0.2, 0) is 0 Å². The molecule has 37 heavy (non-hydrogen) atoms. The van der Waals surface area contributed by atoms with Crippen LogP contribution in [0.15, 0.2) is 61.8 Å². The highest BCUT2D eigenvalue weighted by Gasteiger charge is 2.15. The molecule has 4 heterocycles. The normalized spacial score (nSPS) is 10.8. The molecule has 0 aliphatic carbocycles. The minimum Gasteiger partial charge on any atom is -0.360 e. The van der Waals surface area contributed by atoms with Gasteiger partial charge >= 0.3 is 0 Å². The van der Waals surface area contributed by atoms with Crippen molar-refractivity contribution < 1.29 is 9.18 Å². The van der Waals surface area contributed by atoms with Gasteiger partial charge in [0.15, 0.2) is 0 Å². The molecule has 0 bridgehead atoms. The third-order valence-corrected chi connectivity index (χ3v) is 6.36. The van der Waals surface area contributed by atoms with Gasteiger partial charge in [0, 0.05) is 42.8 Å². The average Bonchev–Trinajstić information content (AvgIpc) is 3.40. The van der Waals surface area contributed by atoms with Crippen molar-refractivity contribution >= 4 is 45.8 Å². The summed E-state index contributed by atoms with van der Waals surface area (Å²) < 4.78 is 15.8. The van der Waals surface area contributed by atoms with E-state index < -0.39 is 11.7 Å². The summed E-state index contributed by atoms with van der Waals surface area (Å²) >= 11 is 2.33. The fourth-order valence-corrected chi connectivity index (χ4v) is 4.23. The Labute approximate surface area is 227 Å². The molecular weight excluding hydrogens is 588 g/mol. The molecule has 0 aliphatic rings. The van der Waals surface area contributed by atoms with Gasteiger partial charge in [0.1, 0.15) is 17.3 Å². The number of hydrogen-bond donors (Lipinski definition) is 2. The summed E-state index contributed by atoms with van der Waals surface area (Å²) in [5.74, 6) is -0.852. The van der Waals surface area contributed by atoms with Gasteiger partial charge in [-0.2, -0.15) is 0 Å². The number of likely N-dealkylation sites (N-methyl/N-ethyl adjacent to an activating group) is 1. The van der Waals surface area contributed by atoms with Gasteiger partial charge in [-0.15, -0.1) is 5.10 Å². The molecule has 2 N–H and O–H groups in total. The quantitative estimate of drug-likeness (QED) is 0.157. The van der Waals surface area contributed by atoms with Crippen LogP contribution in [0.5, 0.6) is 0 Å². The maximum absolute atomic E-state index is 13.4. The second kappa shape index (κ2) is 12.0. The van der Waals surface area contributed by atoms with Gasteiger partial charge in [-0.3, -0.25) is 14.8 Å². The van der Waals surface area contributed by atoms with E-state index in [1.54, 1.807) is 23.1 Å². The van der Waals surface area contributed by atoms with E-state index in [4.69, 9.17) is 0 Å². The minimum atomic E-state index is -0.611. The van der Waals surface area contributed by atoms with E-state index in [0.29, 0.717) is 17.1 Å². The monoisotopic (exact) mass is 613 g/mol. The maximum atomic E-state index is 13.4. The highest BCUT2D eigenvalue weighted by Crippen LogP contribution is 2.24. The smallest absolute Gasteiger partial charge is 0.258 e. The summed E-state index contributed by atoms with van der Waals surface area (Å²) in [5.41, 5.74) is 4.23. The lowest BCUT2D eigenvalue weighted by atomic mass is 10.2. The van der Waals surface area contributed by atoms with Gasteiger partial charge < -0.3 is 15.5 Å². The second-order valence-electron chi connectivity index (χ2n) is 8.08. The Hall–Kier alpha value is -3.78. The van der Waals surface area contributed by atoms with E-state index >= 15 is 0 Å². The third-order valence-electron chi connectivity index (χ3n) is 5.54. The van der Waals surface area contributed by atoms with Gasteiger partial charge in [0.05, 0.1) is 39.6 Å². The number of nitrogens with zero attached hydrogens (tertiary/aromatic N) is 7. The summed E-state index contributed by atoms with van der Waals surface area (Å²) in [4.78, 5) is 27.9. The summed E-state index contributed by atoms with van der Waals surface area (Å²) in [6, 6.07) is 6.57. The molecule has 0 unspecified atom stereocenters. The highest BCUT2D eigenvalue weighted by molar-refractivity contribution is 14.1. The molecular formula is C25H25FIN9O. The summed E-state index contributed by atoms with van der Waals surface area (Å²) in [7, 11) is 1.92. The Morgan fingerprint density at radius 2 is 2.03 bits per heavy atom. The number of anilines is 2. The predicted octanol–water partition coefficient (Wildman–Crippen LogP) is 4.04. The molecule has 0 saturated carbocycles. The summed E-state index contributed by atoms with van der Waals surface area (Å²) in [6.45, 7) is 6.79. The maximum Gasteiger partial charge on any atom is 0.258 e. The molecule has 0 aromatic carbocycles. The topological polar surface area (TPSA) is 114 Å². The zero-order chi connectivity index (χ0) is 26.4. The van der Waals surface area contributed by atoms with E-state index in [-0.39, 0.29) is 16.9 Å². The van der Waals surface area contributed by atoms with Crippen molar-refractivity contribution in [2.75, 3.05) is 34.9 Å². The zero-order valence-electron chi connectivity index (χ0n) is 20.3. The van der Waals surface area contributed by atoms with E-state index in [1.165, 1.54) is 24.5 Å². The number of alkyl halides is 1. The summed E-state index contributed by atoms with van der Waals surface area (Å²) in [5, 5.41) is 14.4. The van der Waals surface area contributed by atoms with Gasteiger partial charge in [-0.25, -0.2) is 14.1 Å². The van der Waals surface area contributed by atoms with Crippen molar-refractivity contribution in [3.05, 3.63) is 78.6 Å². The Kier molecular flexibility index (Phi) is 8.50. The number of rotatable bonds is 10. The van der Waals surface area contributed by atoms with Crippen LogP contribution < -0.4 is 15.5 Å². The average molecular weight is 613 g/mol. The SMILES string of the molecule is C=C(F)c1ccnc(NC(=O)c2cnc(C)c(-n3cc(-c4cncc(N(CI)CCNC)c4)nn3)c2)c1. The van der Waals surface area contributed by atoms with Gasteiger partial charge in [0.2, 0.25) is 0 Å². The van der Waals surface area contributed by atoms with Crippen molar-refractivity contribution in [1.82, 2.24) is 35.3 Å². The van der Waals surface area contributed by atoms with Gasteiger partial charge in [-0.1, -0.05) is 34.4 Å². The number of hydrogen-bond acceptors (Lipinski definition) is 8. The Balaban J connectivity index is 1.57. The van der Waals surface area contributed by atoms with Crippen LogP contribution in [0.1, 0.15) is 21.6 Å². The third kappa shape index (κ3) is 6.32. The number of amides is 1. The van der Waals surface area contributed by atoms with Crippen LogP contribution in [0.4, 0.5) is 15.9 Å². The Morgan fingerprint density at radius 3 is 2.78 bits per heavy atom. The molecule has 0 fully saturated rings. The van der Waals surface area contributed by atoms with Crippen molar-refractivity contribution in [2.45, 2.75) is 6.92 Å². The first-order chi connectivity index (χ1) is 17.9. The van der Waals surface area contributed by atoms with Crippen LogP contribution >= 0.6 is 22.6 Å². The molecule has 0 radical (unpaired) electrons. The van der Waals surface area contributed by atoms with Crippen molar-refractivity contribution in [2.24, 2.45) is 0 Å². The first-order valence-electron chi connectivity index (χ1n) is 11.3. The number of pyridine rings is 3. The van der Waals surface area contributed by atoms with Gasteiger partial charge in [0.25, 0.3) is 5.91 Å². The molecule has 0 aliphatic heterocycles. The van der Waals surface area contributed by atoms with Crippen LogP contribution in [0, 0.1) is 6.92 Å². The number of aromatic nitrogens is 6. The molecule has 4 rings (SSSR count). The van der Waals surface area contributed by atoms with Crippen LogP contribution in [-0.4, -0.2) is 60.5 Å². The van der Waals surface area contributed by atoms with Crippen molar-refractivity contribution in [3.63, 3.8) is 0 Å². The fraction of sp³-hybridized carbons (Fsp3) is 0.200. The Morgan fingerprint density at radius 1 is 1.19 bits per heavy atom. The molecule has 190 valence electrons. The molecule has 0 atom stereocenters.